The molecule has 1 heterocycles. The van der Waals surface area contributed by atoms with Gasteiger partial charge in [0, 0.05) is 13.1 Å². The molecule has 90 valence electrons. The van der Waals surface area contributed by atoms with Crippen LogP contribution in [0.1, 0.15) is 13.8 Å². The van der Waals surface area contributed by atoms with E-state index in [9.17, 15) is 4.79 Å². The highest BCUT2D eigenvalue weighted by Crippen LogP contribution is 2.08. The molecule has 5 heteroatoms. The number of nitriles is 1. The van der Waals surface area contributed by atoms with Crippen LogP contribution >= 0.6 is 0 Å². The number of rotatable bonds is 4. The van der Waals surface area contributed by atoms with Gasteiger partial charge in [0.15, 0.2) is 0 Å². The number of nitrogens with zero attached hydrogens (tertiary/aromatic N) is 2. The van der Waals surface area contributed by atoms with E-state index in [1.54, 1.807) is 4.90 Å². The lowest BCUT2D eigenvalue weighted by Gasteiger charge is -2.31. The molecular formula is C11H19N3O2. The summed E-state index contributed by atoms with van der Waals surface area (Å²) in [6.07, 6.45) is 0. The molecule has 1 amide bonds. The summed E-state index contributed by atoms with van der Waals surface area (Å²) in [7, 11) is 0. The van der Waals surface area contributed by atoms with Crippen LogP contribution in [0.25, 0.3) is 0 Å². The highest BCUT2D eigenvalue weighted by Gasteiger charge is 2.27. The van der Waals surface area contributed by atoms with Crippen molar-refractivity contribution in [2.45, 2.75) is 19.9 Å². The van der Waals surface area contributed by atoms with Crippen LogP contribution in [0.3, 0.4) is 0 Å². The van der Waals surface area contributed by atoms with Crippen molar-refractivity contribution in [1.29, 1.82) is 5.26 Å². The number of nitrogens with one attached hydrogen (secondary N) is 1. The molecule has 0 unspecified atom stereocenters. The smallest absolute Gasteiger partial charge is 0.240 e. The summed E-state index contributed by atoms with van der Waals surface area (Å²) in [5.41, 5.74) is 0. The quantitative estimate of drug-likeness (QED) is 0.683. The summed E-state index contributed by atoms with van der Waals surface area (Å²) in [6, 6.07) is 1.74. The van der Waals surface area contributed by atoms with Gasteiger partial charge in [0.05, 0.1) is 31.9 Å². The maximum absolute atomic E-state index is 12.1. The summed E-state index contributed by atoms with van der Waals surface area (Å²) in [4.78, 5) is 13.9. The van der Waals surface area contributed by atoms with E-state index in [1.807, 2.05) is 19.9 Å². The Morgan fingerprint density at radius 1 is 1.50 bits per heavy atom. The monoisotopic (exact) mass is 225 g/mol. The first-order valence-corrected chi connectivity index (χ1v) is 5.63. The zero-order valence-corrected chi connectivity index (χ0v) is 9.90. The van der Waals surface area contributed by atoms with Crippen molar-refractivity contribution in [3.05, 3.63) is 0 Å². The Labute approximate surface area is 96.4 Å². The molecule has 0 spiro atoms. The molecule has 1 fully saturated rings. The van der Waals surface area contributed by atoms with E-state index in [2.05, 4.69) is 5.32 Å². The fourth-order valence-corrected chi connectivity index (χ4v) is 1.74. The van der Waals surface area contributed by atoms with E-state index >= 15 is 0 Å². The average Bonchev–Trinajstić information content (AvgIpc) is 2.30. The SMILES string of the molecule is CC(C)[C@@H](NCC#N)C(=O)N1CCOCC1. The predicted octanol–water partition coefficient (Wildman–Crippen LogP) is -0.0170. The number of amides is 1. The van der Waals surface area contributed by atoms with Crippen molar-refractivity contribution in [3.8, 4) is 6.07 Å². The summed E-state index contributed by atoms with van der Waals surface area (Å²) >= 11 is 0. The van der Waals surface area contributed by atoms with Crippen LogP contribution in [0, 0.1) is 17.2 Å². The standard InChI is InChI=1S/C11H19N3O2/c1-9(2)10(13-4-3-12)11(15)14-5-7-16-8-6-14/h9-10,13H,4-8H2,1-2H3/t10-/m1/s1. The Morgan fingerprint density at radius 3 is 2.62 bits per heavy atom. The van der Waals surface area contributed by atoms with Crippen LogP contribution in [0.5, 0.6) is 0 Å². The molecule has 0 aliphatic carbocycles. The van der Waals surface area contributed by atoms with Gasteiger partial charge >= 0.3 is 0 Å². The Morgan fingerprint density at radius 2 is 2.12 bits per heavy atom. The van der Waals surface area contributed by atoms with E-state index < -0.39 is 0 Å². The maximum Gasteiger partial charge on any atom is 0.240 e. The van der Waals surface area contributed by atoms with Gasteiger partial charge in [0.2, 0.25) is 5.91 Å². The summed E-state index contributed by atoms with van der Waals surface area (Å²) in [6.45, 7) is 6.68. The van der Waals surface area contributed by atoms with Gasteiger partial charge in [-0.3, -0.25) is 10.1 Å². The van der Waals surface area contributed by atoms with Crippen molar-refractivity contribution in [2.24, 2.45) is 5.92 Å². The van der Waals surface area contributed by atoms with E-state index in [4.69, 9.17) is 10.00 Å². The second kappa shape index (κ2) is 6.46. The van der Waals surface area contributed by atoms with E-state index in [-0.39, 0.29) is 24.4 Å². The Balaban J connectivity index is 2.55. The van der Waals surface area contributed by atoms with Crippen LogP contribution in [0.15, 0.2) is 0 Å². The molecule has 1 rings (SSSR count). The molecule has 0 bridgehead atoms. The Kier molecular flexibility index (Phi) is 5.23. The number of carbonyl (C=O) groups excluding carboxylic acids is 1. The molecule has 16 heavy (non-hydrogen) atoms. The number of carbonyl (C=O) groups is 1. The average molecular weight is 225 g/mol. The van der Waals surface area contributed by atoms with Crippen LogP contribution in [-0.4, -0.2) is 49.7 Å². The first-order valence-electron chi connectivity index (χ1n) is 5.63. The van der Waals surface area contributed by atoms with E-state index in [0.717, 1.165) is 0 Å². The minimum Gasteiger partial charge on any atom is -0.378 e. The molecule has 0 radical (unpaired) electrons. The topological polar surface area (TPSA) is 65.4 Å². The summed E-state index contributed by atoms with van der Waals surface area (Å²) in [5.74, 6) is 0.261. The Bertz CT molecular complexity index is 267. The van der Waals surface area contributed by atoms with Gasteiger partial charge in [0.1, 0.15) is 0 Å². The van der Waals surface area contributed by atoms with Gasteiger partial charge in [-0.05, 0) is 5.92 Å². The van der Waals surface area contributed by atoms with E-state index in [0.29, 0.717) is 26.3 Å². The number of morpholine rings is 1. The maximum atomic E-state index is 12.1. The first-order chi connectivity index (χ1) is 7.66. The summed E-state index contributed by atoms with van der Waals surface area (Å²) < 4.78 is 5.20. The van der Waals surface area contributed by atoms with Crippen LogP contribution in [0.2, 0.25) is 0 Å². The Hall–Kier alpha value is -1.12. The van der Waals surface area contributed by atoms with Crippen molar-refractivity contribution >= 4 is 5.91 Å². The van der Waals surface area contributed by atoms with Crippen LogP contribution < -0.4 is 5.32 Å². The third kappa shape index (κ3) is 3.47. The fraction of sp³-hybridized carbons (Fsp3) is 0.818. The number of ether oxygens (including phenoxy) is 1. The molecule has 1 N–H and O–H groups in total. The number of hydrogen-bond donors (Lipinski definition) is 1. The molecule has 1 saturated heterocycles. The van der Waals surface area contributed by atoms with Gasteiger partial charge in [-0.1, -0.05) is 13.8 Å². The largest absolute Gasteiger partial charge is 0.378 e. The minimum atomic E-state index is -0.266. The van der Waals surface area contributed by atoms with Crippen LogP contribution in [-0.2, 0) is 9.53 Å². The predicted molar refractivity (Wildman–Crippen MR) is 59.6 cm³/mol. The van der Waals surface area contributed by atoms with Crippen molar-refractivity contribution < 1.29 is 9.53 Å². The summed E-state index contributed by atoms with van der Waals surface area (Å²) in [5, 5.41) is 11.5. The molecule has 0 aromatic heterocycles. The second-order valence-electron chi connectivity index (χ2n) is 4.20. The molecular weight excluding hydrogens is 206 g/mol. The molecule has 1 aliphatic rings. The van der Waals surface area contributed by atoms with Crippen LogP contribution in [0.4, 0.5) is 0 Å². The van der Waals surface area contributed by atoms with E-state index in [1.165, 1.54) is 0 Å². The fourth-order valence-electron chi connectivity index (χ4n) is 1.74. The molecule has 0 saturated carbocycles. The van der Waals surface area contributed by atoms with Crippen molar-refractivity contribution in [1.82, 2.24) is 10.2 Å². The zero-order valence-electron chi connectivity index (χ0n) is 9.90. The molecule has 5 nitrogen and oxygen atoms in total. The van der Waals surface area contributed by atoms with Gasteiger partial charge in [-0.15, -0.1) is 0 Å². The lowest BCUT2D eigenvalue weighted by molar-refractivity contribution is -0.138. The molecule has 1 atom stereocenters. The second-order valence-corrected chi connectivity index (χ2v) is 4.20. The molecule has 0 aromatic rings. The third-order valence-electron chi connectivity index (χ3n) is 2.66. The van der Waals surface area contributed by atoms with Crippen molar-refractivity contribution in [3.63, 3.8) is 0 Å². The van der Waals surface area contributed by atoms with Crippen molar-refractivity contribution in [2.75, 3.05) is 32.8 Å². The molecule has 0 aromatic carbocycles. The number of hydrogen-bond acceptors (Lipinski definition) is 4. The normalized spacial score (nSPS) is 18.2. The van der Waals surface area contributed by atoms with Gasteiger partial charge in [-0.2, -0.15) is 5.26 Å². The zero-order chi connectivity index (χ0) is 12.0. The third-order valence-corrected chi connectivity index (χ3v) is 2.66. The van der Waals surface area contributed by atoms with Gasteiger partial charge < -0.3 is 9.64 Å². The molecule has 1 aliphatic heterocycles. The van der Waals surface area contributed by atoms with Gasteiger partial charge in [0.25, 0.3) is 0 Å². The van der Waals surface area contributed by atoms with Gasteiger partial charge in [-0.25, -0.2) is 0 Å². The minimum absolute atomic E-state index is 0.0774. The highest BCUT2D eigenvalue weighted by atomic mass is 16.5. The lowest BCUT2D eigenvalue weighted by Crippen LogP contribution is -2.52. The first kappa shape index (κ1) is 12.9. The highest BCUT2D eigenvalue weighted by molar-refractivity contribution is 5.82. The lowest BCUT2D eigenvalue weighted by atomic mass is 10.0.